The first-order valence-electron chi connectivity index (χ1n) is 12.7. The number of aliphatic hydroxyl groups is 2. The van der Waals surface area contributed by atoms with Crippen molar-refractivity contribution < 1.29 is 86.5 Å². The van der Waals surface area contributed by atoms with Crippen molar-refractivity contribution in [3.63, 3.8) is 0 Å². The highest BCUT2D eigenvalue weighted by atomic mass is 32.3. The van der Waals surface area contributed by atoms with Crippen molar-refractivity contribution in [2.45, 2.75) is 92.3 Å². The highest BCUT2D eigenvalue weighted by molar-refractivity contribution is 7.80. The molecule has 13 unspecified atom stereocenters. The highest BCUT2D eigenvalue weighted by Gasteiger charge is 2.48. The molecule has 28 heteroatoms. The van der Waals surface area contributed by atoms with Crippen molar-refractivity contribution in [2.75, 3.05) is 20.3 Å². The highest BCUT2D eigenvalue weighted by Crippen LogP contribution is 2.29. The minimum Gasteiger partial charge on any atom is -0.391 e. The lowest BCUT2D eigenvalue weighted by molar-refractivity contribution is -0.287. The summed E-state index contributed by atoms with van der Waals surface area (Å²) >= 11 is 0. The van der Waals surface area contributed by atoms with E-state index in [0.29, 0.717) is 12.8 Å². The van der Waals surface area contributed by atoms with Crippen LogP contribution in [0.4, 0.5) is 0 Å². The van der Waals surface area contributed by atoms with Crippen LogP contribution >= 0.6 is 0 Å². The van der Waals surface area contributed by atoms with Gasteiger partial charge in [-0.1, -0.05) is 0 Å². The van der Waals surface area contributed by atoms with Gasteiger partial charge in [-0.3, -0.25) is 27.3 Å². The number of methoxy groups -OCH3 is 1. The summed E-state index contributed by atoms with van der Waals surface area (Å²) < 4.78 is 123. The van der Waals surface area contributed by atoms with Gasteiger partial charge in [0.1, 0.15) is 18.3 Å². The molecule has 2 saturated heterocycles. The van der Waals surface area contributed by atoms with E-state index >= 15 is 0 Å². The van der Waals surface area contributed by atoms with Crippen LogP contribution in [0.2, 0.25) is 0 Å². The molecule has 1 saturated carbocycles. The standard InChI is InChI=1S/C18H38N6O7.3H2O4S/c1-27-10-5-28-17(13(24)12(10)23)30-15-7(20)3-8(21)16(14(15)26)31-18-11(22)9(25)2-6(4-19)29-18;3*1-5(2,3)4/h6-18,25-26H,2-5,19-24H2,1H3;3*(H2,1,2,3,4). The molecule has 0 aromatic carbocycles. The maximum absolute atomic E-state index is 11.0. The summed E-state index contributed by atoms with van der Waals surface area (Å²) in [5.41, 5.74) is 36.4. The van der Waals surface area contributed by atoms with Gasteiger partial charge in [0.05, 0.1) is 43.0 Å². The van der Waals surface area contributed by atoms with E-state index < -0.39 is 105 Å². The third kappa shape index (κ3) is 18.6. The molecule has 0 radical (unpaired) electrons. The molecular weight excluding hydrogens is 700 g/mol. The van der Waals surface area contributed by atoms with E-state index in [1.165, 1.54) is 7.11 Å². The Hall–Kier alpha value is -0.910. The average molecular weight is 745 g/mol. The SMILES string of the molecule is COC1COC(OC2C(N)CC(N)C(OC3OC(CN)CC(O)C3N)C2O)C(N)C1N.O=S(=O)(O)O.O=S(=O)(O)O.O=S(=O)(O)O. The molecule has 3 aliphatic rings. The summed E-state index contributed by atoms with van der Waals surface area (Å²) in [6.45, 7) is 0.385. The zero-order chi connectivity index (χ0) is 36.4. The van der Waals surface area contributed by atoms with Gasteiger partial charge in [0.25, 0.3) is 0 Å². The lowest BCUT2D eigenvalue weighted by Crippen LogP contribution is -2.68. The molecule has 1 aliphatic carbocycles. The molecule has 2 aliphatic heterocycles. The first-order valence-corrected chi connectivity index (χ1v) is 16.9. The molecule has 0 bridgehead atoms. The Balaban J connectivity index is 0.00000112. The van der Waals surface area contributed by atoms with Gasteiger partial charge >= 0.3 is 31.2 Å². The summed E-state index contributed by atoms with van der Waals surface area (Å²) in [7, 11) is -12.5. The van der Waals surface area contributed by atoms with Crippen LogP contribution in [0.25, 0.3) is 0 Å². The van der Waals surface area contributed by atoms with E-state index in [-0.39, 0.29) is 19.3 Å². The van der Waals surface area contributed by atoms with E-state index in [1.54, 1.807) is 0 Å². The van der Waals surface area contributed by atoms with Crippen LogP contribution in [-0.4, -0.2) is 162 Å². The molecule has 20 N–H and O–H groups in total. The van der Waals surface area contributed by atoms with Gasteiger partial charge in [0.15, 0.2) is 12.6 Å². The summed E-state index contributed by atoms with van der Waals surface area (Å²) in [5.74, 6) is 0. The monoisotopic (exact) mass is 744 g/mol. The lowest BCUT2D eigenvalue weighted by Gasteiger charge is -2.47. The van der Waals surface area contributed by atoms with E-state index in [4.69, 9.17) is 111 Å². The zero-order valence-corrected chi connectivity index (χ0v) is 26.5. The number of aliphatic hydroxyl groups excluding tert-OH is 2. The van der Waals surface area contributed by atoms with Gasteiger partial charge in [0.2, 0.25) is 0 Å². The zero-order valence-electron chi connectivity index (χ0n) is 24.1. The maximum atomic E-state index is 11.0. The molecule has 0 spiro atoms. The summed E-state index contributed by atoms with van der Waals surface area (Å²) in [4.78, 5) is 0. The third-order valence-electron chi connectivity index (χ3n) is 6.41. The minimum absolute atomic E-state index is 0.191. The van der Waals surface area contributed by atoms with Crippen molar-refractivity contribution in [1.29, 1.82) is 0 Å². The summed E-state index contributed by atoms with van der Waals surface area (Å²) in [5, 5.41) is 21.2. The van der Waals surface area contributed by atoms with Gasteiger partial charge in [0, 0.05) is 32.2 Å². The molecule has 278 valence electrons. The average Bonchev–Trinajstić information content (AvgIpc) is 2.86. The predicted octanol–water partition coefficient (Wildman–Crippen LogP) is -6.99. The fraction of sp³-hybridized carbons (Fsp3) is 1.00. The summed E-state index contributed by atoms with van der Waals surface area (Å²) in [6, 6.07) is -3.24. The van der Waals surface area contributed by atoms with Crippen molar-refractivity contribution in [3.05, 3.63) is 0 Å². The number of ether oxygens (including phenoxy) is 5. The molecule has 0 aromatic rings. The summed E-state index contributed by atoms with van der Waals surface area (Å²) in [6.07, 6.45) is -5.96. The number of hydrogen-bond acceptors (Lipinski definition) is 19. The van der Waals surface area contributed by atoms with Gasteiger partial charge < -0.3 is 68.3 Å². The Labute approximate surface area is 264 Å². The number of hydrogen-bond donors (Lipinski definition) is 14. The Morgan fingerprint density at radius 2 is 1.11 bits per heavy atom. The Morgan fingerprint density at radius 3 is 1.50 bits per heavy atom. The van der Waals surface area contributed by atoms with Crippen LogP contribution in [0.5, 0.6) is 0 Å². The normalized spacial score (nSPS) is 38.5. The second-order valence-corrected chi connectivity index (χ2v) is 12.7. The van der Waals surface area contributed by atoms with Crippen LogP contribution in [0.1, 0.15) is 12.8 Å². The topological polar surface area (TPSA) is 467 Å². The molecule has 3 fully saturated rings. The second kappa shape index (κ2) is 19.3. The first-order chi connectivity index (χ1) is 20.7. The smallest absolute Gasteiger partial charge is 0.391 e. The van der Waals surface area contributed by atoms with Crippen molar-refractivity contribution in [1.82, 2.24) is 0 Å². The van der Waals surface area contributed by atoms with Gasteiger partial charge in [-0.2, -0.15) is 25.3 Å². The number of rotatable bonds is 6. The van der Waals surface area contributed by atoms with Crippen LogP contribution in [0, 0.1) is 0 Å². The van der Waals surface area contributed by atoms with Crippen molar-refractivity contribution in [3.8, 4) is 0 Å². The quantitative estimate of drug-likeness (QED) is 0.112. The van der Waals surface area contributed by atoms with E-state index in [2.05, 4.69) is 0 Å². The Morgan fingerprint density at radius 1 is 0.696 bits per heavy atom. The van der Waals surface area contributed by atoms with Gasteiger partial charge in [-0.15, -0.1) is 0 Å². The Kier molecular flexibility index (Phi) is 18.9. The molecule has 13 atom stereocenters. The molecule has 46 heavy (non-hydrogen) atoms. The van der Waals surface area contributed by atoms with E-state index in [1.807, 2.05) is 0 Å². The molecule has 2 heterocycles. The van der Waals surface area contributed by atoms with Crippen molar-refractivity contribution >= 4 is 31.2 Å². The first kappa shape index (κ1) is 45.1. The molecule has 0 aromatic heterocycles. The van der Waals surface area contributed by atoms with Crippen LogP contribution in [0.15, 0.2) is 0 Å². The minimum atomic E-state index is -4.67. The lowest BCUT2D eigenvalue weighted by atomic mass is 9.84. The molecule has 3 rings (SSSR count). The maximum Gasteiger partial charge on any atom is 0.394 e. The van der Waals surface area contributed by atoms with Gasteiger partial charge in [-0.05, 0) is 6.42 Å². The predicted molar refractivity (Wildman–Crippen MR) is 152 cm³/mol. The molecule has 0 amide bonds. The van der Waals surface area contributed by atoms with E-state index in [0.717, 1.165) is 0 Å². The van der Waals surface area contributed by atoms with Gasteiger partial charge in [-0.25, -0.2) is 0 Å². The fourth-order valence-electron chi connectivity index (χ4n) is 4.36. The Bertz CT molecular complexity index is 1120. The second-order valence-electron chi connectivity index (χ2n) is 9.97. The van der Waals surface area contributed by atoms with Crippen LogP contribution in [0.3, 0.4) is 0 Å². The molecule has 25 nitrogen and oxygen atoms in total. The van der Waals surface area contributed by atoms with E-state index in [9.17, 15) is 10.2 Å². The largest absolute Gasteiger partial charge is 0.394 e. The molecular formula is C18H44N6O19S3. The van der Waals surface area contributed by atoms with Crippen molar-refractivity contribution in [2.24, 2.45) is 34.4 Å². The third-order valence-corrected chi connectivity index (χ3v) is 6.41. The van der Waals surface area contributed by atoms with Crippen LogP contribution in [-0.2, 0) is 54.9 Å². The fourth-order valence-corrected chi connectivity index (χ4v) is 4.36. The number of nitrogens with two attached hydrogens (primary N) is 6. The van der Waals surface area contributed by atoms with Crippen LogP contribution < -0.4 is 34.4 Å².